The van der Waals surface area contributed by atoms with Crippen LogP contribution in [0.3, 0.4) is 0 Å². The van der Waals surface area contributed by atoms with Gasteiger partial charge in [0.2, 0.25) is 0 Å². The van der Waals surface area contributed by atoms with Gasteiger partial charge in [-0.1, -0.05) is 66.7 Å². The first-order valence-electron chi connectivity index (χ1n) is 14.3. The van der Waals surface area contributed by atoms with Gasteiger partial charge in [0, 0.05) is 23.5 Å². The van der Waals surface area contributed by atoms with Crippen LogP contribution in [0.25, 0.3) is 6.08 Å². The van der Waals surface area contributed by atoms with Crippen LogP contribution in [0.2, 0.25) is 0 Å². The van der Waals surface area contributed by atoms with Crippen LogP contribution in [0.1, 0.15) is 58.8 Å². The number of thioether (sulfide) groups is 1. The second-order valence-corrected chi connectivity index (χ2v) is 12.3. The highest BCUT2D eigenvalue weighted by Gasteiger charge is 2.29. The number of nitrogens with zero attached hydrogens (tertiary/aromatic N) is 2. The van der Waals surface area contributed by atoms with Crippen molar-refractivity contribution in [3.05, 3.63) is 99.5 Å². The monoisotopic (exact) mass is 553 g/mol. The molecule has 0 unspecified atom stereocenters. The lowest BCUT2D eigenvalue weighted by molar-refractivity contribution is -0.114. The first-order chi connectivity index (χ1) is 19.4. The summed E-state index contributed by atoms with van der Waals surface area (Å²) in [4.78, 5) is 32.5. The fraction of sp³-hybridized carbons (Fsp3) is 0.353. The third-order valence-electron chi connectivity index (χ3n) is 7.81. The van der Waals surface area contributed by atoms with E-state index >= 15 is 0 Å². The van der Waals surface area contributed by atoms with Gasteiger partial charge in [-0.3, -0.25) is 9.59 Å². The molecular formula is C34H39N3O2S. The fourth-order valence-electron chi connectivity index (χ4n) is 5.54. The molecule has 2 amide bonds. The number of nitrogens with one attached hydrogen (secondary N) is 1. The Morgan fingerprint density at radius 1 is 1.07 bits per heavy atom. The lowest BCUT2D eigenvalue weighted by atomic mass is 10.0. The Morgan fingerprint density at radius 2 is 1.88 bits per heavy atom. The summed E-state index contributed by atoms with van der Waals surface area (Å²) in [5, 5.41) is 3.06. The van der Waals surface area contributed by atoms with Gasteiger partial charge in [-0.15, -0.1) is 0 Å². The molecule has 5 nitrogen and oxygen atoms in total. The SMILES string of the molecule is Cc1ccc(C)c(CN2C(=O)/C(=C/c3ccc(C(=O)NCCCN4CCC[C@H](C)C4)cc3)Sc3ccccc32)c1. The molecule has 0 bridgehead atoms. The van der Waals surface area contributed by atoms with Crippen LogP contribution in [0.4, 0.5) is 5.69 Å². The van der Waals surface area contributed by atoms with E-state index in [0.29, 0.717) is 23.6 Å². The zero-order valence-corrected chi connectivity index (χ0v) is 24.6. The second-order valence-electron chi connectivity index (χ2n) is 11.2. The molecule has 208 valence electrons. The molecule has 6 heteroatoms. The van der Waals surface area contributed by atoms with Crippen LogP contribution in [0.5, 0.6) is 0 Å². The number of carbonyl (C=O) groups excluding carboxylic acids is 2. The zero-order valence-electron chi connectivity index (χ0n) is 23.8. The van der Waals surface area contributed by atoms with E-state index in [4.69, 9.17) is 0 Å². The van der Waals surface area contributed by atoms with Crippen molar-refractivity contribution in [2.45, 2.75) is 51.5 Å². The summed E-state index contributed by atoms with van der Waals surface area (Å²) in [7, 11) is 0. The van der Waals surface area contributed by atoms with Gasteiger partial charge in [-0.05, 0) is 99.1 Å². The molecule has 1 atom stereocenters. The molecule has 1 fully saturated rings. The summed E-state index contributed by atoms with van der Waals surface area (Å²) >= 11 is 1.50. The number of piperidine rings is 1. The minimum absolute atomic E-state index is 0.00507. The quantitative estimate of drug-likeness (QED) is 0.245. The number of carbonyl (C=O) groups is 2. The van der Waals surface area contributed by atoms with E-state index in [2.05, 4.69) is 55.3 Å². The Balaban J connectivity index is 1.24. The van der Waals surface area contributed by atoms with Crippen molar-refractivity contribution in [2.75, 3.05) is 31.1 Å². The number of likely N-dealkylation sites (tertiary alicyclic amines) is 1. The van der Waals surface area contributed by atoms with E-state index in [9.17, 15) is 9.59 Å². The van der Waals surface area contributed by atoms with E-state index in [1.54, 1.807) is 0 Å². The van der Waals surface area contributed by atoms with Crippen molar-refractivity contribution >= 4 is 35.3 Å². The Hall–Kier alpha value is -3.35. The summed E-state index contributed by atoms with van der Waals surface area (Å²) in [6, 6.07) is 22.0. The van der Waals surface area contributed by atoms with Crippen molar-refractivity contribution in [1.29, 1.82) is 0 Å². The average Bonchev–Trinajstić information content (AvgIpc) is 2.95. The predicted molar refractivity (Wildman–Crippen MR) is 166 cm³/mol. The maximum absolute atomic E-state index is 13.7. The third kappa shape index (κ3) is 6.86. The highest BCUT2D eigenvalue weighted by atomic mass is 32.2. The summed E-state index contributed by atoms with van der Waals surface area (Å²) < 4.78 is 0. The lowest BCUT2D eigenvalue weighted by Gasteiger charge is -2.31. The Labute approximate surface area is 242 Å². The molecule has 0 aromatic heterocycles. The predicted octanol–water partition coefficient (Wildman–Crippen LogP) is 6.84. The van der Waals surface area contributed by atoms with Crippen molar-refractivity contribution in [3.8, 4) is 0 Å². The minimum Gasteiger partial charge on any atom is -0.352 e. The fourth-order valence-corrected chi connectivity index (χ4v) is 6.60. The molecule has 0 saturated carbocycles. The topological polar surface area (TPSA) is 52.7 Å². The van der Waals surface area contributed by atoms with Crippen LogP contribution in [0, 0.1) is 19.8 Å². The summed E-state index contributed by atoms with van der Waals surface area (Å²) in [5.74, 6) is 0.715. The number of fused-ring (bicyclic) bond motifs is 1. The molecule has 2 aliphatic heterocycles. The zero-order chi connectivity index (χ0) is 28.1. The van der Waals surface area contributed by atoms with Gasteiger partial charge in [0.05, 0.1) is 17.1 Å². The third-order valence-corrected chi connectivity index (χ3v) is 8.89. The Morgan fingerprint density at radius 3 is 2.67 bits per heavy atom. The Kier molecular flexibility index (Phi) is 9.08. The Bertz CT molecular complexity index is 1400. The van der Waals surface area contributed by atoms with Crippen LogP contribution < -0.4 is 10.2 Å². The highest BCUT2D eigenvalue weighted by Crippen LogP contribution is 2.42. The smallest absolute Gasteiger partial charge is 0.265 e. The summed E-state index contributed by atoms with van der Waals surface area (Å²) in [6.45, 7) is 11.1. The van der Waals surface area contributed by atoms with Crippen LogP contribution in [-0.2, 0) is 11.3 Å². The average molecular weight is 554 g/mol. The number of amides is 2. The first kappa shape index (κ1) is 28.2. The number of hydrogen-bond acceptors (Lipinski definition) is 4. The van der Waals surface area contributed by atoms with E-state index in [0.717, 1.165) is 40.6 Å². The van der Waals surface area contributed by atoms with E-state index in [1.807, 2.05) is 53.4 Å². The van der Waals surface area contributed by atoms with Gasteiger partial charge >= 0.3 is 0 Å². The first-order valence-corrected chi connectivity index (χ1v) is 15.2. The maximum Gasteiger partial charge on any atom is 0.265 e. The van der Waals surface area contributed by atoms with Crippen LogP contribution in [0.15, 0.2) is 76.5 Å². The molecule has 5 rings (SSSR count). The number of rotatable bonds is 8. The van der Waals surface area contributed by atoms with Gasteiger partial charge < -0.3 is 15.1 Å². The van der Waals surface area contributed by atoms with Gasteiger partial charge in [0.25, 0.3) is 11.8 Å². The van der Waals surface area contributed by atoms with Crippen LogP contribution >= 0.6 is 11.8 Å². The number of benzene rings is 3. The number of anilines is 1. The van der Waals surface area contributed by atoms with Gasteiger partial charge in [-0.2, -0.15) is 0 Å². The highest BCUT2D eigenvalue weighted by molar-refractivity contribution is 8.04. The molecule has 3 aromatic carbocycles. The van der Waals surface area contributed by atoms with Crippen LogP contribution in [-0.4, -0.2) is 42.9 Å². The molecule has 1 saturated heterocycles. The van der Waals surface area contributed by atoms with Crippen molar-refractivity contribution < 1.29 is 9.59 Å². The molecule has 0 spiro atoms. The van der Waals surface area contributed by atoms with Gasteiger partial charge in [0.15, 0.2) is 0 Å². The molecule has 0 aliphatic carbocycles. The van der Waals surface area contributed by atoms with Crippen molar-refractivity contribution in [2.24, 2.45) is 5.92 Å². The molecule has 3 aromatic rings. The van der Waals surface area contributed by atoms with E-state index in [1.165, 1.54) is 48.8 Å². The normalized spacial score (nSPS) is 18.6. The summed E-state index contributed by atoms with van der Waals surface area (Å²) in [5.41, 5.74) is 5.99. The minimum atomic E-state index is -0.0528. The van der Waals surface area contributed by atoms with E-state index in [-0.39, 0.29) is 11.8 Å². The van der Waals surface area contributed by atoms with Crippen molar-refractivity contribution in [1.82, 2.24) is 10.2 Å². The number of aryl methyl sites for hydroxylation is 2. The van der Waals surface area contributed by atoms with E-state index < -0.39 is 0 Å². The lowest BCUT2D eigenvalue weighted by Crippen LogP contribution is -2.36. The molecular weight excluding hydrogens is 514 g/mol. The molecule has 1 N–H and O–H groups in total. The standard InChI is InChI=1S/C34H39N3O2S/c1-24-11-12-26(3)29(20-24)23-37-30-9-4-5-10-31(30)40-32(34(37)39)21-27-13-15-28(16-14-27)33(38)35-17-7-19-36-18-6-8-25(2)22-36/h4-5,9-16,20-21,25H,6-8,17-19,22-23H2,1-3H3,(H,35,38)/b32-21-/t25-/m0/s1. The number of hydrogen-bond donors (Lipinski definition) is 1. The molecule has 2 aliphatic rings. The molecule has 2 heterocycles. The molecule has 40 heavy (non-hydrogen) atoms. The second kappa shape index (κ2) is 12.9. The number of para-hydroxylation sites is 1. The maximum atomic E-state index is 13.7. The summed E-state index contributed by atoms with van der Waals surface area (Å²) in [6.07, 6.45) is 5.49. The largest absolute Gasteiger partial charge is 0.352 e. The van der Waals surface area contributed by atoms with Gasteiger partial charge in [0.1, 0.15) is 0 Å². The molecule has 0 radical (unpaired) electrons. The van der Waals surface area contributed by atoms with Gasteiger partial charge in [-0.25, -0.2) is 0 Å². The van der Waals surface area contributed by atoms with Crippen molar-refractivity contribution in [3.63, 3.8) is 0 Å².